The summed E-state index contributed by atoms with van der Waals surface area (Å²) in [5, 5.41) is 10.0. The molecular formula is C28H31N5O2. The molecule has 1 atom stereocenters. The second-order valence-electron chi connectivity index (χ2n) is 9.43. The molecule has 1 aliphatic heterocycles. The van der Waals surface area contributed by atoms with E-state index in [1.54, 1.807) is 0 Å². The molecule has 2 fully saturated rings. The summed E-state index contributed by atoms with van der Waals surface area (Å²) in [5.74, 6) is -0.977. The number of esters is 1. The number of nitriles is 1. The standard InChI is InChI=1S/C28H31N5O2/c29-19-23(28(34)35-22-11-5-2-6-12-22)26-27(31-25-14-8-7-13-24(25)30-26)33-17-15-32(16-18-33)20-21-9-3-1-4-10-21/h1,3-4,7-10,13-14,22-23H,2,5-6,11-12,15-18,20H2/t23-/m1/s1. The summed E-state index contributed by atoms with van der Waals surface area (Å²) in [7, 11) is 0. The molecule has 1 aliphatic carbocycles. The number of para-hydroxylation sites is 2. The summed E-state index contributed by atoms with van der Waals surface area (Å²) in [6.07, 6.45) is 4.91. The molecule has 1 aromatic heterocycles. The van der Waals surface area contributed by atoms with Gasteiger partial charge in [-0.3, -0.25) is 9.69 Å². The molecule has 5 rings (SSSR count). The van der Waals surface area contributed by atoms with Gasteiger partial charge in [-0.2, -0.15) is 5.26 Å². The Bertz CT molecular complexity index is 1190. The van der Waals surface area contributed by atoms with E-state index < -0.39 is 11.9 Å². The molecule has 35 heavy (non-hydrogen) atoms. The first-order valence-electron chi connectivity index (χ1n) is 12.6. The highest BCUT2D eigenvalue weighted by Crippen LogP contribution is 2.30. The lowest BCUT2D eigenvalue weighted by molar-refractivity contribution is -0.150. The van der Waals surface area contributed by atoms with Gasteiger partial charge < -0.3 is 9.64 Å². The summed E-state index contributed by atoms with van der Waals surface area (Å²) in [5.41, 5.74) is 3.14. The number of nitrogens with zero attached hydrogens (tertiary/aromatic N) is 5. The van der Waals surface area contributed by atoms with Crippen molar-refractivity contribution in [2.45, 2.75) is 50.7 Å². The van der Waals surface area contributed by atoms with Crippen molar-refractivity contribution in [2.75, 3.05) is 31.1 Å². The Morgan fingerprint density at radius 2 is 1.60 bits per heavy atom. The van der Waals surface area contributed by atoms with Crippen LogP contribution in [-0.2, 0) is 16.1 Å². The lowest BCUT2D eigenvalue weighted by Crippen LogP contribution is -2.46. The monoisotopic (exact) mass is 469 g/mol. The molecule has 7 nitrogen and oxygen atoms in total. The van der Waals surface area contributed by atoms with E-state index in [1.807, 2.05) is 30.3 Å². The van der Waals surface area contributed by atoms with E-state index in [0.717, 1.165) is 63.9 Å². The third-order valence-electron chi connectivity index (χ3n) is 6.97. The largest absolute Gasteiger partial charge is 0.461 e. The van der Waals surface area contributed by atoms with Gasteiger partial charge in [0.1, 0.15) is 11.8 Å². The van der Waals surface area contributed by atoms with E-state index in [4.69, 9.17) is 14.7 Å². The minimum absolute atomic E-state index is 0.106. The maximum Gasteiger partial charge on any atom is 0.329 e. The Morgan fingerprint density at radius 1 is 0.943 bits per heavy atom. The average Bonchev–Trinajstić information content (AvgIpc) is 2.90. The normalized spacial score (nSPS) is 18.2. The van der Waals surface area contributed by atoms with Gasteiger partial charge in [-0.05, 0) is 43.4 Å². The topological polar surface area (TPSA) is 82.3 Å². The lowest BCUT2D eigenvalue weighted by Gasteiger charge is -2.36. The highest BCUT2D eigenvalue weighted by atomic mass is 16.5. The van der Waals surface area contributed by atoms with Crippen LogP contribution in [0.5, 0.6) is 0 Å². The van der Waals surface area contributed by atoms with Crippen molar-refractivity contribution in [3.63, 3.8) is 0 Å². The molecule has 0 radical (unpaired) electrons. The number of piperazine rings is 1. The fourth-order valence-corrected chi connectivity index (χ4v) is 5.03. The third-order valence-corrected chi connectivity index (χ3v) is 6.97. The van der Waals surface area contributed by atoms with Crippen molar-refractivity contribution in [3.05, 3.63) is 65.9 Å². The second-order valence-corrected chi connectivity index (χ2v) is 9.43. The van der Waals surface area contributed by atoms with Gasteiger partial charge in [-0.1, -0.05) is 48.9 Å². The number of benzene rings is 2. The number of rotatable bonds is 6. The molecule has 0 amide bonds. The van der Waals surface area contributed by atoms with Crippen LogP contribution in [0, 0.1) is 11.3 Å². The van der Waals surface area contributed by atoms with E-state index in [9.17, 15) is 10.1 Å². The first-order valence-corrected chi connectivity index (χ1v) is 12.6. The van der Waals surface area contributed by atoms with E-state index >= 15 is 0 Å². The van der Waals surface area contributed by atoms with Gasteiger partial charge in [-0.15, -0.1) is 0 Å². The summed E-state index contributed by atoms with van der Waals surface area (Å²) in [6, 6.07) is 20.3. The van der Waals surface area contributed by atoms with Gasteiger partial charge in [0.05, 0.1) is 17.1 Å². The lowest BCUT2D eigenvalue weighted by atomic mass is 9.97. The molecule has 0 spiro atoms. The van der Waals surface area contributed by atoms with E-state index in [2.05, 4.69) is 40.1 Å². The first-order chi connectivity index (χ1) is 17.2. The molecule has 180 valence electrons. The number of hydrogen-bond acceptors (Lipinski definition) is 7. The Labute approximate surface area is 206 Å². The van der Waals surface area contributed by atoms with Crippen molar-refractivity contribution >= 4 is 22.8 Å². The maximum absolute atomic E-state index is 13.1. The minimum Gasteiger partial charge on any atom is -0.461 e. The molecular weight excluding hydrogens is 438 g/mol. The molecule has 0 N–H and O–H groups in total. The molecule has 2 aromatic carbocycles. The number of carbonyl (C=O) groups is 1. The number of fused-ring (bicyclic) bond motifs is 1. The third kappa shape index (κ3) is 5.44. The fraction of sp³-hybridized carbons (Fsp3) is 0.429. The summed E-state index contributed by atoms with van der Waals surface area (Å²) in [4.78, 5) is 27.4. The summed E-state index contributed by atoms with van der Waals surface area (Å²) < 4.78 is 5.78. The second kappa shape index (κ2) is 10.8. The number of aromatic nitrogens is 2. The predicted molar refractivity (Wildman–Crippen MR) is 135 cm³/mol. The Morgan fingerprint density at radius 3 is 2.29 bits per heavy atom. The number of anilines is 1. The van der Waals surface area contributed by atoms with Gasteiger partial charge in [-0.25, -0.2) is 9.97 Å². The van der Waals surface area contributed by atoms with Crippen molar-refractivity contribution in [2.24, 2.45) is 0 Å². The fourth-order valence-electron chi connectivity index (χ4n) is 5.03. The van der Waals surface area contributed by atoms with Crippen molar-refractivity contribution in [1.29, 1.82) is 5.26 Å². The molecule has 3 aromatic rings. The van der Waals surface area contributed by atoms with Crippen LogP contribution in [0.15, 0.2) is 54.6 Å². The van der Waals surface area contributed by atoms with Crippen LogP contribution in [0.25, 0.3) is 11.0 Å². The van der Waals surface area contributed by atoms with Crippen LogP contribution in [0.3, 0.4) is 0 Å². The Hall–Kier alpha value is -3.50. The van der Waals surface area contributed by atoms with Crippen LogP contribution in [0.1, 0.15) is 49.3 Å². The highest BCUT2D eigenvalue weighted by molar-refractivity contribution is 5.85. The molecule has 2 aliphatic rings. The van der Waals surface area contributed by atoms with Crippen LogP contribution in [-0.4, -0.2) is 53.1 Å². The van der Waals surface area contributed by atoms with Crippen LogP contribution in [0.4, 0.5) is 5.82 Å². The zero-order chi connectivity index (χ0) is 24.0. The first kappa shape index (κ1) is 23.3. The number of carbonyl (C=O) groups excluding carboxylic acids is 1. The summed E-state index contributed by atoms with van der Waals surface area (Å²) >= 11 is 0. The van der Waals surface area contributed by atoms with Gasteiger partial charge >= 0.3 is 5.97 Å². The molecule has 1 saturated carbocycles. The number of ether oxygens (including phenoxy) is 1. The molecule has 0 bridgehead atoms. The minimum atomic E-state index is -1.09. The van der Waals surface area contributed by atoms with Crippen LogP contribution in [0.2, 0.25) is 0 Å². The van der Waals surface area contributed by atoms with Gasteiger partial charge in [0.2, 0.25) is 0 Å². The van der Waals surface area contributed by atoms with Crippen LogP contribution >= 0.6 is 0 Å². The van der Waals surface area contributed by atoms with Gasteiger partial charge in [0.15, 0.2) is 11.7 Å². The smallest absolute Gasteiger partial charge is 0.329 e. The van der Waals surface area contributed by atoms with Crippen molar-refractivity contribution in [1.82, 2.24) is 14.9 Å². The average molecular weight is 470 g/mol. The van der Waals surface area contributed by atoms with E-state index in [-0.39, 0.29) is 6.10 Å². The van der Waals surface area contributed by atoms with Gasteiger partial charge in [0.25, 0.3) is 0 Å². The molecule has 1 saturated heterocycles. The van der Waals surface area contributed by atoms with Gasteiger partial charge in [0, 0.05) is 32.7 Å². The maximum atomic E-state index is 13.1. The molecule has 0 unspecified atom stereocenters. The van der Waals surface area contributed by atoms with Crippen LogP contribution < -0.4 is 4.90 Å². The molecule has 7 heteroatoms. The summed E-state index contributed by atoms with van der Waals surface area (Å²) in [6.45, 7) is 4.14. The van der Waals surface area contributed by atoms with Crippen molar-refractivity contribution in [3.8, 4) is 6.07 Å². The van der Waals surface area contributed by atoms with E-state index in [1.165, 1.54) is 12.0 Å². The zero-order valence-corrected chi connectivity index (χ0v) is 20.0. The van der Waals surface area contributed by atoms with Crippen molar-refractivity contribution < 1.29 is 9.53 Å². The number of hydrogen-bond donors (Lipinski definition) is 0. The Kier molecular flexibility index (Phi) is 7.20. The zero-order valence-electron chi connectivity index (χ0n) is 20.0. The predicted octanol–water partition coefficient (Wildman–Crippen LogP) is 4.44. The SMILES string of the molecule is N#C[C@@H](C(=O)OC1CCCCC1)c1nc2ccccc2nc1N1CCN(Cc2ccccc2)CC1. The highest BCUT2D eigenvalue weighted by Gasteiger charge is 2.33. The molecule has 2 heterocycles. The quantitative estimate of drug-likeness (QED) is 0.494. The Balaban J connectivity index is 1.38. The van der Waals surface area contributed by atoms with E-state index in [0.29, 0.717) is 17.0 Å².